The molecule has 0 saturated carbocycles. The Labute approximate surface area is 190 Å². The summed E-state index contributed by atoms with van der Waals surface area (Å²) in [6.07, 6.45) is 7.09. The highest BCUT2D eigenvalue weighted by Crippen LogP contribution is 2.29. The summed E-state index contributed by atoms with van der Waals surface area (Å²) in [5.74, 6) is 22.1. The fourth-order valence-corrected chi connectivity index (χ4v) is 2.83. The van der Waals surface area contributed by atoms with E-state index in [2.05, 4.69) is 11.0 Å². The average molecular weight is 509 g/mol. The Hall–Kier alpha value is -1.22. The van der Waals surface area contributed by atoms with Gasteiger partial charge in [-0.25, -0.2) is 11.7 Å². The van der Waals surface area contributed by atoms with E-state index in [0.29, 0.717) is 11.6 Å². The topological polar surface area (TPSA) is 253 Å². The molecule has 0 spiro atoms. The van der Waals surface area contributed by atoms with Gasteiger partial charge in [-0.15, -0.1) is 4.84 Å². The molecule has 24 heteroatoms. The number of hydrazine groups is 2. The van der Waals surface area contributed by atoms with Gasteiger partial charge in [0.05, 0.1) is 15.2 Å². The lowest BCUT2D eigenvalue weighted by Crippen LogP contribution is -2.73. The first-order valence-electron chi connectivity index (χ1n) is 9.45. The zero-order valence-corrected chi connectivity index (χ0v) is 18.1. The van der Waals surface area contributed by atoms with Gasteiger partial charge in [-0.3, -0.25) is 10.4 Å². The third-order valence-electron chi connectivity index (χ3n) is 4.14. The predicted octanol–water partition coefficient (Wildman–Crippen LogP) is -3.20. The molecule has 34 heavy (non-hydrogen) atoms. The minimum Gasteiger partial charge on any atom is -0.271 e. The molecule has 2 bridgehead atoms. The smallest absolute Gasteiger partial charge is 0.271 e. The summed E-state index contributed by atoms with van der Waals surface area (Å²) in [7, 11) is 2.27. The van der Waals surface area contributed by atoms with Crippen LogP contribution in [0.5, 0.6) is 0 Å². The van der Waals surface area contributed by atoms with Crippen molar-refractivity contribution in [3.05, 3.63) is 12.2 Å². The molecule has 6 unspecified atom stereocenters. The Morgan fingerprint density at radius 3 is 2.41 bits per heavy atom. The Kier molecular flexibility index (Phi) is 9.04. The van der Waals surface area contributed by atoms with Crippen LogP contribution in [0.1, 0.15) is 25.7 Å². The number of allylic oxidation sites excluding steroid dienone is 2. The monoisotopic (exact) mass is 509 g/mol. The van der Waals surface area contributed by atoms with Crippen LogP contribution >= 0.6 is 0 Å². The first-order valence-corrected chi connectivity index (χ1v) is 9.45. The molecule has 0 aromatic heterocycles. The Morgan fingerprint density at radius 2 is 1.79 bits per heavy atom. The number of hydroxylamine groups is 4. The van der Waals surface area contributed by atoms with Gasteiger partial charge in [-0.2, -0.15) is 0 Å². The highest BCUT2D eigenvalue weighted by atomic mass is 17.6. The molecule has 2 fully saturated rings. The molecule has 3 rings (SSSR count). The highest BCUT2D eigenvalue weighted by Gasteiger charge is 2.62. The maximum atomic E-state index is 10.1. The van der Waals surface area contributed by atoms with Crippen LogP contribution in [0.25, 0.3) is 0 Å². The second-order valence-electron chi connectivity index (χ2n) is 6.80. The van der Waals surface area contributed by atoms with Crippen molar-refractivity contribution in [3.8, 4) is 0 Å². The summed E-state index contributed by atoms with van der Waals surface area (Å²) in [5.41, 5.74) is 0. The molecule has 0 aromatic rings. The van der Waals surface area contributed by atoms with Crippen LogP contribution < -0.4 is 23.4 Å². The lowest BCUT2D eigenvalue weighted by molar-refractivity contribution is -1.61. The second-order valence-corrected chi connectivity index (χ2v) is 6.80. The Balaban J connectivity index is 1.85. The number of fused-ring (bicyclic) bond motifs is 2. The van der Waals surface area contributed by atoms with Gasteiger partial charge in [-0.05, 0) is 30.1 Å². The number of quaternary nitrogens is 3. The van der Waals surface area contributed by atoms with Gasteiger partial charge < -0.3 is 0 Å². The lowest BCUT2D eigenvalue weighted by atomic mass is 9.92. The van der Waals surface area contributed by atoms with Gasteiger partial charge in [0, 0.05) is 28.3 Å². The van der Waals surface area contributed by atoms with Crippen LogP contribution in [0.3, 0.4) is 0 Å². The third-order valence-corrected chi connectivity index (χ3v) is 4.14. The number of nitrogens with two attached hydrogens (primary N) is 4. The normalized spacial score (nSPS) is 40.1. The molecule has 1 aliphatic carbocycles. The summed E-state index contributed by atoms with van der Waals surface area (Å²) in [6.45, 7) is -0.129. The first kappa shape index (κ1) is 27.4. The van der Waals surface area contributed by atoms with E-state index < -0.39 is 20.5 Å². The average Bonchev–Trinajstić information content (AvgIpc) is 2.69. The van der Waals surface area contributed by atoms with Gasteiger partial charge in [-0.1, -0.05) is 38.9 Å². The molecule has 24 nitrogen and oxygen atoms in total. The Morgan fingerprint density at radius 1 is 1.06 bits per heavy atom. The fraction of sp³-hybridized carbons (Fsp3) is 0.800. The maximum absolute atomic E-state index is 10.1. The quantitative estimate of drug-likeness (QED) is 0.0815. The van der Waals surface area contributed by atoms with Gasteiger partial charge in [0.25, 0.3) is 10.2 Å². The van der Waals surface area contributed by atoms with Crippen molar-refractivity contribution in [2.24, 2.45) is 29.3 Å². The fourth-order valence-electron chi connectivity index (χ4n) is 2.83. The van der Waals surface area contributed by atoms with Gasteiger partial charge in [0.15, 0.2) is 27.2 Å². The van der Waals surface area contributed by atoms with Crippen molar-refractivity contribution in [3.63, 3.8) is 0 Å². The maximum Gasteiger partial charge on any atom is 0.282 e. The van der Waals surface area contributed by atoms with Crippen molar-refractivity contribution in [2.75, 3.05) is 20.7 Å². The van der Waals surface area contributed by atoms with Crippen LogP contribution in [0.4, 0.5) is 0 Å². The number of hydrogen-bond acceptors (Lipinski definition) is 21. The lowest BCUT2D eigenvalue weighted by Gasteiger charge is -2.37. The molecular weight excluding hydrogens is 480 g/mol. The zero-order chi connectivity index (χ0) is 25.0. The number of hydrogen-bond donors (Lipinski definition) is 6. The highest BCUT2D eigenvalue weighted by molar-refractivity contribution is 4.89. The van der Waals surface area contributed by atoms with Gasteiger partial charge >= 0.3 is 0 Å². The van der Waals surface area contributed by atoms with Crippen LogP contribution in [-0.2, 0) is 49.3 Å². The van der Waals surface area contributed by atoms with Crippen LogP contribution in [0.15, 0.2) is 12.2 Å². The summed E-state index contributed by atoms with van der Waals surface area (Å²) in [5, 5.41) is 14.9. The van der Waals surface area contributed by atoms with Crippen molar-refractivity contribution in [1.82, 2.24) is 26.7 Å². The van der Waals surface area contributed by atoms with Gasteiger partial charge in [0.2, 0.25) is 5.39 Å². The molecule has 0 radical (unpaired) electrons. The summed E-state index contributed by atoms with van der Waals surface area (Å²) < 4.78 is 0. The molecule has 198 valence electrons. The minimum absolute atomic E-state index is 0.0590. The van der Waals surface area contributed by atoms with Crippen molar-refractivity contribution < 1.29 is 74.8 Å². The van der Waals surface area contributed by atoms with Crippen LogP contribution in [-0.4, -0.2) is 72.9 Å². The standard InChI is InChI=1S/C10H29N12O12/c1-15(11)28-20(9-8-10-6-4-3-5-7-10)30-17(24)26-18-27-19(31-20)33-21(13,25-2)34-22(14,32-18)29-16(12)23/h3-4,10,23-24H,5-9,11-14H2,1-2H3/q+3. The summed E-state index contributed by atoms with van der Waals surface area (Å²) in [6, 6.07) is 0. The summed E-state index contributed by atoms with van der Waals surface area (Å²) >= 11 is 0. The first-order chi connectivity index (χ1) is 15.9. The van der Waals surface area contributed by atoms with E-state index in [1.807, 2.05) is 6.08 Å². The van der Waals surface area contributed by atoms with E-state index in [9.17, 15) is 5.21 Å². The van der Waals surface area contributed by atoms with E-state index in [-0.39, 0.29) is 28.6 Å². The van der Waals surface area contributed by atoms with E-state index >= 15 is 0 Å². The SMILES string of the molecule is CO[N+]1(N)ON2ON(ON(O)O[N+](CCC3CC=CCC3)(ON(C)N)O2)O[N+](N)(ON(N)O)O1. The third kappa shape index (κ3) is 7.64. The number of rotatable bonds is 8. The largest absolute Gasteiger partial charge is 0.282 e. The molecular formula is C10H29N12O12+3. The molecule has 0 amide bonds. The van der Waals surface area contributed by atoms with E-state index in [1.165, 1.54) is 7.05 Å². The van der Waals surface area contributed by atoms with Crippen LogP contribution in [0.2, 0.25) is 0 Å². The summed E-state index contributed by atoms with van der Waals surface area (Å²) in [4.78, 5) is 48.2. The molecule has 10 N–H and O–H groups in total. The number of nitrogens with zero attached hydrogens (tertiary/aromatic N) is 8. The Bertz CT molecular complexity index is 696. The van der Waals surface area contributed by atoms with E-state index in [4.69, 9.17) is 72.9 Å². The van der Waals surface area contributed by atoms with E-state index in [0.717, 1.165) is 26.4 Å². The zero-order valence-electron chi connectivity index (χ0n) is 18.1. The predicted molar refractivity (Wildman–Crippen MR) is 89.0 cm³/mol. The van der Waals surface area contributed by atoms with Crippen LogP contribution in [0, 0.1) is 5.92 Å². The molecule has 2 aliphatic heterocycles. The van der Waals surface area contributed by atoms with Crippen molar-refractivity contribution >= 4 is 0 Å². The molecule has 2 heterocycles. The van der Waals surface area contributed by atoms with E-state index in [1.54, 1.807) is 0 Å². The molecule has 2 saturated heterocycles. The van der Waals surface area contributed by atoms with Crippen molar-refractivity contribution in [2.45, 2.75) is 25.7 Å². The molecule has 3 aliphatic rings. The van der Waals surface area contributed by atoms with Gasteiger partial charge in [0.1, 0.15) is 7.11 Å². The van der Waals surface area contributed by atoms with Crippen molar-refractivity contribution in [1.29, 1.82) is 0 Å². The minimum atomic E-state index is -2.20. The second kappa shape index (κ2) is 11.2. The molecule has 0 aromatic carbocycles. The molecule has 6 atom stereocenters.